The van der Waals surface area contributed by atoms with Crippen LogP contribution in [0.4, 0.5) is 10.5 Å². The predicted molar refractivity (Wildman–Crippen MR) is 87.6 cm³/mol. The second-order valence-electron chi connectivity index (χ2n) is 5.75. The van der Waals surface area contributed by atoms with E-state index in [2.05, 4.69) is 36.6 Å². The minimum atomic E-state index is 0.0184. The number of carbonyl (C=O) groups excluding carboxylic acids is 1. The first-order valence-electron chi connectivity index (χ1n) is 8.06. The van der Waals surface area contributed by atoms with Gasteiger partial charge in [-0.2, -0.15) is 0 Å². The zero-order valence-electron chi connectivity index (χ0n) is 13.4. The van der Waals surface area contributed by atoms with Crippen molar-refractivity contribution in [3.63, 3.8) is 0 Å². The van der Waals surface area contributed by atoms with Crippen molar-refractivity contribution in [3.8, 4) is 0 Å². The van der Waals surface area contributed by atoms with Crippen LogP contribution < -0.4 is 10.6 Å². The van der Waals surface area contributed by atoms with Crippen molar-refractivity contribution in [2.45, 2.75) is 52.1 Å². The van der Waals surface area contributed by atoms with Crippen LogP contribution >= 0.6 is 0 Å². The Balaban J connectivity index is 1.91. The molecule has 1 aliphatic rings. The van der Waals surface area contributed by atoms with Crippen LogP contribution in [-0.2, 0) is 0 Å². The Morgan fingerprint density at radius 1 is 1.29 bits per heavy atom. The van der Waals surface area contributed by atoms with Gasteiger partial charge in [-0.05, 0) is 57.4 Å². The van der Waals surface area contributed by atoms with Gasteiger partial charge < -0.3 is 15.5 Å². The SMILES string of the molecule is CCCNC(C)c1ccc(NC(=O)N(CC)C2CC2)cc1. The van der Waals surface area contributed by atoms with Gasteiger partial charge in [-0.1, -0.05) is 19.1 Å². The maximum absolute atomic E-state index is 12.2. The molecule has 1 unspecified atom stereocenters. The molecular weight excluding hydrogens is 262 g/mol. The molecule has 0 saturated heterocycles. The maximum atomic E-state index is 12.2. The van der Waals surface area contributed by atoms with Crippen LogP contribution in [0.25, 0.3) is 0 Å². The number of urea groups is 1. The van der Waals surface area contributed by atoms with Crippen LogP contribution in [0.1, 0.15) is 51.6 Å². The molecule has 1 aromatic rings. The Labute approximate surface area is 127 Å². The molecule has 0 bridgehead atoms. The highest BCUT2D eigenvalue weighted by molar-refractivity contribution is 5.89. The number of nitrogens with zero attached hydrogens (tertiary/aromatic N) is 1. The summed E-state index contributed by atoms with van der Waals surface area (Å²) in [6, 6.07) is 8.94. The number of hydrogen-bond donors (Lipinski definition) is 2. The third kappa shape index (κ3) is 4.46. The summed E-state index contributed by atoms with van der Waals surface area (Å²) >= 11 is 0. The van der Waals surface area contributed by atoms with Crippen molar-refractivity contribution in [2.75, 3.05) is 18.4 Å². The number of amides is 2. The number of hydrogen-bond acceptors (Lipinski definition) is 2. The van der Waals surface area contributed by atoms with E-state index >= 15 is 0 Å². The lowest BCUT2D eigenvalue weighted by Crippen LogP contribution is -2.36. The first-order valence-corrected chi connectivity index (χ1v) is 8.06. The van der Waals surface area contributed by atoms with Crippen LogP contribution in [0.5, 0.6) is 0 Å². The monoisotopic (exact) mass is 289 g/mol. The Hall–Kier alpha value is -1.55. The third-order valence-corrected chi connectivity index (χ3v) is 3.95. The minimum Gasteiger partial charge on any atom is -0.322 e. The Bertz CT molecular complexity index is 454. The first kappa shape index (κ1) is 15.8. The van der Waals surface area contributed by atoms with E-state index in [1.54, 1.807) is 0 Å². The molecule has 4 nitrogen and oxygen atoms in total. The highest BCUT2D eigenvalue weighted by Crippen LogP contribution is 2.27. The second kappa shape index (κ2) is 7.46. The molecule has 1 saturated carbocycles. The van der Waals surface area contributed by atoms with E-state index in [9.17, 15) is 4.79 Å². The van der Waals surface area contributed by atoms with E-state index in [1.165, 1.54) is 5.56 Å². The summed E-state index contributed by atoms with van der Waals surface area (Å²) in [5, 5.41) is 6.45. The summed E-state index contributed by atoms with van der Waals surface area (Å²) in [4.78, 5) is 14.1. The largest absolute Gasteiger partial charge is 0.322 e. The summed E-state index contributed by atoms with van der Waals surface area (Å²) < 4.78 is 0. The standard InChI is InChI=1S/C17H27N3O/c1-4-12-18-13(3)14-6-8-15(9-7-14)19-17(21)20(5-2)16-10-11-16/h6-9,13,16,18H,4-5,10-12H2,1-3H3,(H,19,21). The molecule has 1 aliphatic carbocycles. The lowest BCUT2D eigenvalue weighted by atomic mass is 10.1. The molecule has 116 valence electrons. The van der Waals surface area contributed by atoms with E-state index in [1.807, 2.05) is 24.0 Å². The maximum Gasteiger partial charge on any atom is 0.322 e. The average molecular weight is 289 g/mol. The number of carbonyl (C=O) groups is 1. The van der Waals surface area contributed by atoms with E-state index in [0.717, 1.165) is 38.0 Å². The van der Waals surface area contributed by atoms with Crippen LogP contribution in [0.2, 0.25) is 0 Å². The summed E-state index contributed by atoms with van der Waals surface area (Å²) in [5.41, 5.74) is 2.11. The fraction of sp³-hybridized carbons (Fsp3) is 0.588. The summed E-state index contributed by atoms with van der Waals surface area (Å²) in [6.07, 6.45) is 3.41. The van der Waals surface area contributed by atoms with Crippen molar-refractivity contribution in [1.82, 2.24) is 10.2 Å². The lowest BCUT2D eigenvalue weighted by Gasteiger charge is -2.21. The molecule has 0 aliphatic heterocycles. The van der Waals surface area contributed by atoms with Gasteiger partial charge in [-0.3, -0.25) is 0 Å². The molecule has 4 heteroatoms. The molecule has 1 aromatic carbocycles. The van der Waals surface area contributed by atoms with E-state index in [4.69, 9.17) is 0 Å². The number of anilines is 1. The molecule has 0 radical (unpaired) electrons. The molecule has 0 heterocycles. The van der Waals surface area contributed by atoms with Crippen molar-refractivity contribution in [1.29, 1.82) is 0 Å². The quantitative estimate of drug-likeness (QED) is 0.802. The fourth-order valence-corrected chi connectivity index (χ4v) is 2.48. The van der Waals surface area contributed by atoms with Gasteiger partial charge in [-0.25, -0.2) is 4.79 Å². The van der Waals surface area contributed by atoms with Crippen molar-refractivity contribution in [2.24, 2.45) is 0 Å². The van der Waals surface area contributed by atoms with E-state index < -0.39 is 0 Å². The molecule has 2 amide bonds. The van der Waals surface area contributed by atoms with Crippen LogP contribution in [0.3, 0.4) is 0 Å². The third-order valence-electron chi connectivity index (χ3n) is 3.95. The summed E-state index contributed by atoms with van der Waals surface area (Å²) in [6.45, 7) is 8.15. The molecule has 2 N–H and O–H groups in total. The zero-order chi connectivity index (χ0) is 15.2. The van der Waals surface area contributed by atoms with Gasteiger partial charge in [0.05, 0.1) is 0 Å². The number of nitrogens with one attached hydrogen (secondary N) is 2. The molecule has 1 atom stereocenters. The Kier molecular flexibility index (Phi) is 5.62. The van der Waals surface area contributed by atoms with Crippen molar-refractivity contribution in [3.05, 3.63) is 29.8 Å². The van der Waals surface area contributed by atoms with Crippen LogP contribution in [-0.4, -0.2) is 30.1 Å². The summed E-state index contributed by atoms with van der Waals surface area (Å²) in [7, 11) is 0. The van der Waals surface area contributed by atoms with Crippen LogP contribution in [0.15, 0.2) is 24.3 Å². The van der Waals surface area contributed by atoms with Gasteiger partial charge in [0.25, 0.3) is 0 Å². The average Bonchev–Trinajstić information content (AvgIpc) is 3.31. The van der Waals surface area contributed by atoms with Gasteiger partial charge in [-0.15, -0.1) is 0 Å². The van der Waals surface area contributed by atoms with Gasteiger partial charge in [0.15, 0.2) is 0 Å². The predicted octanol–water partition coefficient (Wildman–Crippen LogP) is 3.76. The van der Waals surface area contributed by atoms with E-state index in [0.29, 0.717) is 12.1 Å². The lowest BCUT2D eigenvalue weighted by molar-refractivity contribution is 0.212. The van der Waals surface area contributed by atoms with Gasteiger partial charge in [0, 0.05) is 24.3 Å². The Morgan fingerprint density at radius 2 is 1.95 bits per heavy atom. The number of benzene rings is 1. The molecular formula is C17H27N3O. The molecule has 0 spiro atoms. The van der Waals surface area contributed by atoms with E-state index in [-0.39, 0.29) is 6.03 Å². The Morgan fingerprint density at radius 3 is 2.48 bits per heavy atom. The minimum absolute atomic E-state index is 0.0184. The second-order valence-corrected chi connectivity index (χ2v) is 5.75. The van der Waals surface area contributed by atoms with Crippen LogP contribution in [0, 0.1) is 0 Å². The van der Waals surface area contributed by atoms with Gasteiger partial charge in [0.1, 0.15) is 0 Å². The van der Waals surface area contributed by atoms with Crippen molar-refractivity contribution >= 4 is 11.7 Å². The number of rotatable bonds is 7. The highest BCUT2D eigenvalue weighted by Gasteiger charge is 2.31. The molecule has 21 heavy (non-hydrogen) atoms. The molecule has 0 aromatic heterocycles. The fourth-order valence-electron chi connectivity index (χ4n) is 2.48. The molecule has 2 rings (SSSR count). The highest BCUT2D eigenvalue weighted by atomic mass is 16.2. The zero-order valence-corrected chi connectivity index (χ0v) is 13.4. The molecule has 1 fully saturated rings. The van der Waals surface area contributed by atoms with Gasteiger partial charge >= 0.3 is 6.03 Å². The summed E-state index contributed by atoms with van der Waals surface area (Å²) in [5.74, 6) is 0. The first-order chi connectivity index (χ1) is 10.2. The van der Waals surface area contributed by atoms with Crippen molar-refractivity contribution < 1.29 is 4.79 Å². The topological polar surface area (TPSA) is 44.4 Å². The normalized spacial score (nSPS) is 15.6. The van der Waals surface area contributed by atoms with Gasteiger partial charge in [0.2, 0.25) is 0 Å². The smallest absolute Gasteiger partial charge is 0.322 e.